The molecule has 2 aromatic rings. The molecule has 4 nitrogen and oxygen atoms in total. The zero-order chi connectivity index (χ0) is 13.8. The molecule has 1 heterocycles. The van der Waals surface area contributed by atoms with Crippen molar-refractivity contribution in [2.45, 2.75) is 19.9 Å². The third kappa shape index (κ3) is 3.03. The number of anilines is 1. The van der Waals surface area contributed by atoms with E-state index in [1.807, 2.05) is 6.92 Å². The summed E-state index contributed by atoms with van der Waals surface area (Å²) in [4.78, 5) is 4.18. The number of aryl methyl sites for hydroxylation is 1. The van der Waals surface area contributed by atoms with Gasteiger partial charge in [0.1, 0.15) is 29.1 Å². The van der Waals surface area contributed by atoms with Crippen molar-refractivity contribution in [3.05, 3.63) is 40.7 Å². The van der Waals surface area contributed by atoms with Gasteiger partial charge in [-0.15, -0.1) is 0 Å². The first-order valence-electron chi connectivity index (χ1n) is 5.58. The molecule has 19 heavy (non-hydrogen) atoms. The van der Waals surface area contributed by atoms with Crippen LogP contribution < -0.4 is 5.32 Å². The molecule has 2 rings (SSSR count). The fourth-order valence-electron chi connectivity index (χ4n) is 1.48. The van der Waals surface area contributed by atoms with Gasteiger partial charge >= 0.3 is 0 Å². The molecule has 0 aliphatic heterocycles. The lowest BCUT2D eigenvalue weighted by Gasteiger charge is -2.04. The Balaban J connectivity index is 2.10. The average molecular weight is 280 g/mol. The largest absolute Gasteiger partial charge is 0.356 e. The Morgan fingerprint density at radius 3 is 2.58 bits per heavy atom. The highest BCUT2D eigenvalue weighted by Crippen LogP contribution is 2.17. The molecule has 0 amide bonds. The predicted octanol–water partition coefficient (Wildman–Crippen LogP) is 2.86. The van der Waals surface area contributed by atoms with Gasteiger partial charge in [-0.25, -0.2) is 13.8 Å². The minimum Gasteiger partial charge on any atom is -0.356 e. The van der Waals surface area contributed by atoms with Crippen LogP contribution in [0, 0.1) is 23.0 Å². The molecule has 0 aliphatic carbocycles. The van der Waals surface area contributed by atoms with Crippen LogP contribution in [-0.2, 0) is 13.0 Å². The Morgan fingerprint density at radius 2 is 2.05 bits per heavy atom. The van der Waals surface area contributed by atoms with E-state index in [0.29, 0.717) is 10.7 Å². The SMILES string of the molecule is CCc1nsc(NCc2cc(F)c(C#N)c(F)c2)n1. The van der Waals surface area contributed by atoms with Crippen LogP contribution in [0.2, 0.25) is 0 Å². The molecule has 7 heteroatoms. The number of aromatic nitrogens is 2. The summed E-state index contributed by atoms with van der Waals surface area (Å²) in [5.74, 6) is -0.985. The first-order chi connectivity index (χ1) is 9.13. The monoisotopic (exact) mass is 280 g/mol. The molecule has 0 unspecified atom stereocenters. The Hall–Kier alpha value is -2.07. The summed E-state index contributed by atoms with van der Waals surface area (Å²) in [6.45, 7) is 2.16. The molecular formula is C12H10F2N4S. The lowest BCUT2D eigenvalue weighted by Crippen LogP contribution is -2.02. The summed E-state index contributed by atoms with van der Waals surface area (Å²) in [7, 11) is 0. The number of hydrogen-bond donors (Lipinski definition) is 1. The maximum Gasteiger partial charge on any atom is 0.202 e. The summed E-state index contributed by atoms with van der Waals surface area (Å²) in [6, 6.07) is 3.76. The van der Waals surface area contributed by atoms with Gasteiger partial charge in [0.2, 0.25) is 5.13 Å². The van der Waals surface area contributed by atoms with Gasteiger partial charge < -0.3 is 5.32 Å². The van der Waals surface area contributed by atoms with E-state index in [9.17, 15) is 8.78 Å². The van der Waals surface area contributed by atoms with Crippen molar-refractivity contribution in [2.24, 2.45) is 0 Å². The summed E-state index contributed by atoms with van der Waals surface area (Å²) < 4.78 is 30.8. The van der Waals surface area contributed by atoms with Gasteiger partial charge in [-0.1, -0.05) is 6.92 Å². The molecule has 0 fully saturated rings. The van der Waals surface area contributed by atoms with Gasteiger partial charge in [0.15, 0.2) is 0 Å². The first kappa shape index (κ1) is 13.4. The minimum absolute atomic E-state index is 0.220. The summed E-state index contributed by atoms with van der Waals surface area (Å²) in [6.07, 6.45) is 0.734. The zero-order valence-corrected chi connectivity index (χ0v) is 10.9. The van der Waals surface area contributed by atoms with E-state index in [2.05, 4.69) is 14.7 Å². The Kier molecular flexibility index (Phi) is 4.02. The molecule has 0 bridgehead atoms. The number of hydrogen-bond acceptors (Lipinski definition) is 5. The lowest BCUT2D eigenvalue weighted by molar-refractivity contribution is 0.574. The summed E-state index contributed by atoms with van der Waals surface area (Å²) in [5.41, 5.74) is -0.157. The topological polar surface area (TPSA) is 61.6 Å². The molecule has 0 radical (unpaired) electrons. The van der Waals surface area contributed by atoms with Gasteiger partial charge in [-0.05, 0) is 17.7 Å². The van der Waals surface area contributed by atoms with Crippen LogP contribution in [0.5, 0.6) is 0 Å². The molecule has 0 spiro atoms. The van der Waals surface area contributed by atoms with Crippen molar-refractivity contribution in [3.63, 3.8) is 0 Å². The van der Waals surface area contributed by atoms with Crippen LogP contribution in [-0.4, -0.2) is 9.36 Å². The van der Waals surface area contributed by atoms with Gasteiger partial charge in [-0.3, -0.25) is 0 Å². The third-order valence-corrected chi connectivity index (χ3v) is 3.15. The van der Waals surface area contributed by atoms with Crippen LogP contribution >= 0.6 is 11.5 Å². The average Bonchev–Trinajstić information content (AvgIpc) is 2.84. The third-order valence-electron chi connectivity index (χ3n) is 2.44. The van der Waals surface area contributed by atoms with Crippen molar-refractivity contribution in [1.82, 2.24) is 9.36 Å². The van der Waals surface area contributed by atoms with Crippen molar-refractivity contribution in [1.29, 1.82) is 5.26 Å². The maximum atomic E-state index is 13.4. The zero-order valence-electron chi connectivity index (χ0n) is 10.1. The fourth-order valence-corrected chi connectivity index (χ4v) is 2.13. The summed E-state index contributed by atoms with van der Waals surface area (Å²) in [5, 5.41) is 12.1. The smallest absolute Gasteiger partial charge is 0.202 e. The molecular weight excluding hydrogens is 270 g/mol. The Labute approximate surface area is 112 Å². The quantitative estimate of drug-likeness (QED) is 0.935. The van der Waals surface area contributed by atoms with E-state index >= 15 is 0 Å². The van der Waals surface area contributed by atoms with Gasteiger partial charge in [-0.2, -0.15) is 9.64 Å². The van der Waals surface area contributed by atoms with E-state index in [0.717, 1.165) is 24.4 Å². The molecule has 1 aromatic carbocycles. The number of rotatable bonds is 4. The number of nitrogens with zero attached hydrogens (tertiary/aromatic N) is 3. The van der Waals surface area contributed by atoms with Crippen LogP contribution in [0.1, 0.15) is 23.9 Å². The molecule has 0 saturated carbocycles. The van der Waals surface area contributed by atoms with Crippen molar-refractivity contribution in [2.75, 3.05) is 5.32 Å². The number of halogens is 2. The lowest BCUT2D eigenvalue weighted by atomic mass is 10.1. The van der Waals surface area contributed by atoms with Crippen LogP contribution in [0.4, 0.5) is 13.9 Å². The van der Waals surface area contributed by atoms with Gasteiger partial charge in [0.25, 0.3) is 0 Å². The van der Waals surface area contributed by atoms with Crippen molar-refractivity contribution >= 4 is 16.7 Å². The van der Waals surface area contributed by atoms with E-state index < -0.39 is 17.2 Å². The van der Waals surface area contributed by atoms with Crippen LogP contribution in [0.15, 0.2) is 12.1 Å². The number of benzene rings is 1. The molecule has 1 aromatic heterocycles. The van der Waals surface area contributed by atoms with Gasteiger partial charge in [0, 0.05) is 24.5 Å². The molecule has 98 valence electrons. The fraction of sp³-hybridized carbons (Fsp3) is 0.250. The normalized spacial score (nSPS) is 10.2. The Bertz CT molecular complexity index is 610. The Morgan fingerprint density at radius 1 is 1.37 bits per heavy atom. The second-order valence-corrected chi connectivity index (χ2v) is 4.52. The van der Waals surface area contributed by atoms with E-state index in [1.165, 1.54) is 17.6 Å². The second-order valence-electron chi connectivity index (χ2n) is 3.77. The highest BCUT2D eigenvalue weighted by atomic mass is 32.1. The molecule has 0 atom stereocenters. The van der Waals surface area contributed by atoms with Crippen molar-refractivity contribution in [3.8, 4) is 6.07 Å². The van der Waals surface area contributed by atoms with E-state index in [-0.39, 0.29) is 6.54 Å². The molecule has 0 aliphatic rings. The van der Waals surface area contributed by atoms with Crippen molar-refractivity contribution < 1.29 is 8.78 Å². The minimum atomic E-state index is -0.856. The standard InChI is InChI=1S/C12H10F2N4S/c1-2-11-17-12(19-18-11)16-6-7-3-9(13)8(5-15)10(14)4-7/h3-4H,2,6H2,1H3,(H,16,17,18). The van der Waals surface area contributed by atoms with Crippen LogP contribution in [0.3, 0.4) is 0 Å². The second kappa shape index (κ2) is 5.71. The first-order valence-corrected chi connectivity index (χ1v) is 6.35. The molecule has 0 saturated heterocycles. The highest BCUT2D eigenvalue weighted by Gasteiger charge is 2.11. The number of nitriles is 1. The van der Waals surface area contributed by atoms with Crippen LogP contribution in [0.25, 0.3) is 0 Å². The molecule has 1 N–H and O–H groups in total. The van der Waals surface area contributed by atoms with E-state index in [4.69, 9.17) is 5.26 Å². The maximum absolute atomic E-state index is 13.4. The highest BCUT2D eigenvalue weighted by molar-refractivity contribution is 7.09. The predicted molar refractivity (Wildman–Crippen MR) is 67.7 cm³/mol. The summed E-state index contributed by atoms with van der Waals surface area (Å²) >= 11 is 1.20. The van der Waals surface area contributed by atoms with E-state index in [1.54, 1.807) is 0 Å². The van der Waals surface area contributed by atoms with Gasteiger partial charge in [0.05, 0.1) is 0 Å². The number of nitrogens with one attached hydrogen (secondary N) is 1.